The summed E-state index contributed by atoms with van der Waals surface area (Å²) in [5.41, 5.74) is 7.89. The molecule has 1 aliphatic heterocycles. The first-order valence-electron chi connectivity index (χ1n) is 10.3. The smallest absolute Gasteiger partial charge is 0.325 e. The molecule has 3 N–H and O–H groups in total. The lowest BCUT2D eigenvalue weighted by Gasteiger charge is -2.21. The van der Waals surface area contributed by atoms with Crippen molar-refractivity contribution in [1.82, 2.24) is 19.9 Å². The number of likely N-dealkylation sites (N-methyl/N-ethyl adjacent to an activating group) is 1. The van der Waals surface area contributed by atoms with Crippen LogP contribution in [0.25, 0.3) is 22.2 Å². The summed E-state index contributed by atoms with van der Waals surface area (Å²) in [6, 6.07) is 6.70. The van der Waals surface area contributed by atoms with Crippen LogP contribution in [0.1, 0.15) is 18.5 Å². The second-order valence-electron chi connectivity index (χ2n) is 7.75. The third-order valence-corrected chi connectivity index (χ3v) is 5.87. The number of nitrogens with one attached hydrogen (secondary N) is 1. The van der Waals surface area contributed by atoms with Crippen LogP contribution in [-0.4, -0.2) is 39.0 Å². The van der Waals surface area contributed by atoms with Crippen LogP contribution in [0.5, 0.6) is 0 Å². The number of carbonyl (C=O) groups is 1. The summed E-state index contributed by atoms with van der Waals surface area (Å²) in [6.07, 6.45) is 2.92. The third kappa shape index (κ3) is 3.43. The highest BCUT2D eigenvalue weighted by Gasteiger charge is 2.38. The van der Waals surface area contributed by atoms with Crippen molar-refractivity contribution < 1.29 is 18.0 Å². The zero-order valence-corrected chi connectivity index (χ0v) is 17.5. The first-order valence-corrected chi connectivity index (χ1v) is 10.3. The Morgan fingerprint density at radius 2 is 1.85 bits per heavy atom. The minimum absolute atomic E-state index is 0.127. The van der Waals surface area contributed by atoms with Crippen molar-refractivity contribution in [3.63, 3.8) is 0 Å². The monoisotopic (exact) mass is 452 g/mol. The van der Waals surface area contributed by atoms with E-state index >= 15 is 4.39 Å². The van der Waals surface area contributed by atoms with Gasteiger partial charge in [0.25, 0.3) is 0 Å². The van der Waals surface area contributed by atoms with Crippen molar-refractivity contribution in [2.75, 3.05) is 23.7 Å². The Bertz CT molecular complexity index is 1370. The number of H-pyrrole nitrogens is 1. The third-order valence-electron chi connectivity index (χ3n) is 5.87. The Kier molecular flexibility index (Phi) is 4.92. The number of nitrogen functional groups attached to an aromatic ring is 1. The fourth-order valence-corrected chi connectivity index (χ4v) is 4.35. The van der Waals surface area contributed by atoms with E-state index in [1.54, 1.807) is 25.3 Å². The number of benzene rings is 2. The number of aromatic nitrogens is 3. The van der Waals surface area contributed by atoms with Crippen molar-refractivity contribution in [1.29, 1.82) is 0 Å². The number of hydrogen-bond acceptors (Lipinski definition) is 4. The van der Waals surface area contributed by atoms with Crippen molar-refractivity contribution in [3.05, 3.63) is 71.9 Å². The molecule has 10 heteroatoms. The van der Waals surface area contributed by atoms with Crippen molar-refractivity contribution in [2.45, 2.75) is 13.0 Å². The molecule has 2 aromatic carbocycles. The van der Waals surface area contributed by atoms with E-state index < -0.39 is 23.5 Å². The second-order valence-corrected chi connectivity index (χ2v) is 7.75. The minimum Gasteiger partial charge on any atom is -0.383 e. The van der Waals surface area contributed by atoms with Crippen molar-refractivity contribution in [2.24, 2.45) is 0 Å². The Morgan fingerprint density at radius 1 is 1.09 bits per heavy atom. The lowest BCUT2D eigenvalue weighted by atomic mass is 10.0. The molecule has 0 bridgehead atoms. The van der Waals surface area contributed by atoms with E-state index in [1.165, 1.54) is 34.3 Å². The molecule has 5 rings (SSSR count). The van der Waals surface area contributed by atoms with Gasteiger partial charge in [-0.3, -0.25) is 4.90 Å². The molecule has 0 aliphatic carbocycles. The van der Waals surface area contributed by atoms with E-state index in [0.717, 1.165) is 6.07 Å². The summed E-state index contributed by atoms with van der Waals surface area (Å²) in [7, 11) is 0. The minimum atomic E-state index is -0.718. The molecular weight excluding hydrogens is 433 g/mol. The van der Waals surface area contributed by atoms with Crippen LogP contribution in [0, 0.1) is 17.5 Å². The predicted octanol–water partition coefficient (Wildman–Crippen LogP) is 4.63. The van der Waals surface area contributed by atoms with Crippen LogP contribution in [0.15, 0.2) is 48.9 Å². The van der Waals surface area contributed by atoms with E-state index in [9.17, 15) is 13.6 Å². The highest BCUT2D eigenvalue weighted by atomic mass is 19.1. The Hall–Kier alpha value is -4.08. The molecule has 2 aromatic heterocycles. The molecule has 2 amide bonds. The molecule has 4 aromatic rings. The zero-order valence-electron chi connectivity index (χ0n) is 17.5. The Morgan fingerprint density at radius 3 is 2.55 bits per heavy atom. The number of aromatic amines is 1. The molecule has 1 aliphatic rings. The van der Waals surface area contributed by atoms with Gasteiger partial charge in [-0.05, 0) is 42.8 Å². The summed E-state index contributed by atoms with van der Waals surface area (Å²) in [5, 5.41) is 0.506. The number of nitrogens with zero attached hydrogens (tertiary/aromatic N) is 4. The van der Waals surface area contributed by atoms with Gasteiger partial charge in [-0.25, -0.2) is 27.9 Å². The van der Waals surface area contributed by atoms with Crippen LogP contribution >= 0.6 is 0 Å². The van der Waals surface area contributed by atoms with Gasteiger partial charge in [0.05, 0.1) is 18.0 Å². The van der Waals surface area contributed by atoms with E-state index in [1.807, 2.05) is 0 Å². The summed E-state index contributed by atoms with van der Waals surface area (Å²) in [5.74, 6) is -1.78. The SMILES string of the molecule is CCN1C(=O)N(c2ccc(-c3c[nH]c4ncnc(N)c34)c(F)c2)CC1c1cc(F)cc(F)c1. The fourth-order valence-electron chi connectivity index (χ4n) is 4.35. The van der Waals surface area contributed by atoms with Gasteiger partial charge in [-0.2, -0.15) is 0 Å². The number of amides is 2. The van der Waals surface area contributed by atoms with Crippen LogP contribution in [0.2, 0.25) is 0 Å². The van der Waals surface area contributed by atoms with Crippen LogP contribution in [-0.2, 0) is 0 Å². The van der Waals surface area contributed by atoms with Crippen LogP contribution in [0.3, 0.4) is 0 Å². The molecule has 0 radical (unpaired) electrons. The second kappa shape index (κ2) is 7.80. The topological polar surface area (TPSA) is 91.1 Å². The first-order chi connectivity index (χ1) is 15.9. The number of hydrogen-bond donors (Lipinski definition) is 2. The number of anilines is 2. The van der Waals surface area contributed by atoms with Gasteiger partial charge < -0.3 is 15.6 Å². The van der Waals surface area contributed by atoms with Gasteiger partial charge in [0.1, 0.15) is 35.2 Å². The number of carbonyl (C=O) groups excluding carboxylic acids is 1. The zero-order chi connectivity index (χ0) is 23.3. The largest absolute Gasteiger partial charge is 0.383 e. The molecule has 3 heterocycles. The normalized spacial score (nSPS) is 16.2. The summed E-state index contributed by atoms with van der Waals surface area (Å²) >= 11 is 0. The van der Waals surface area contributed by atoms with Crippen LogP contribution < -0.4 is 10.6 Å². The molecule has 168 valence electrons. The molecule has 1 fully saturated rings. The van der Waals surface area contributed by atoms with E-state index in [2.05, 4.69) is 15.0 Å². The molecule has 0 saturated carbocycles. The van der Waals surface area contributed by atoms with Crippen molar-refractivity contribution in [3.8, 4) is 11.1 Å². The fraction of sp³-hybridized carbons (Fsp3) is 0.174. The standard InChI is InChI=1S/C23H19F3N6O/c1-2-31-19(12-5-13(24)7-14(25)6-12)10-32(23(31)33)15-3-4-16(18(26)8-15)17-9-28-22-20(17)21(27)29-11-30-22/h3-9,11,19H,2,10H2,1H3,(H3,27,28,29,30). The van der Waals surface area contributed by atoms with E-state index in [4.69, 9.17) is 5.73 Å². The van der Waals surface area contributed by atoms with Gasteiger partial charge in [0.2, 0.25) is 0 Å². The quantitative estimate of drug-likeness (QED) is 0.472. The molecule has 7 nitrogen and oxygen atoms in total. The van der Waals surface area contributed by atoms with Gasteiger partial charge in [0.15, 0.2) is 0 Å². The molecule has 1 unspecified atom stereocenters. The van der Waals surface area contributed by atoms with E-state index in [0.29, 0.717) is 34.4 Å². The number of halogens is 3. The number of urea groups is 1. The van der Waals surface area contributed by atoms with Gasteiger partial charge >= 0.3 is 6.03 Å². The maximum Gasteiger partial charge on any atom is 0.325 e. The molecule has 33 heavy (non-hydrogen) atoms. The highest BCUT2D eigenvalue weighted by Crippen LogP contribution is 2.37. The average molecular weight is 452 g/mol. The maximum absolute atomic E-state index is 15.2. The maximum atomic E-state index is 15.2. The number of fused-ring (bicyclic) bond motifs is 1. The molecule has 1 atom stereocenters. The summed E-state index contributed by atoms with van der Waals surface area (Å²) < 4.78 is 42.8. The molecular formula is C23H19F3N6O. The first kappa shape index (κ1) is 20.8. The van der Waals surface area contributed by atoms with E-state index in [-0.39, 0.29) is 24.0 Å². The molecule has 0 spiro atoms. The Labute approximate surface area is 186 Å². The van der Waals surface area contributed by atoms with Gasteiger partial charge in [-0.1, -0.05) is 0 Å². The highest BCUT2D eigenvalue weighted by molar-refractivity contribution is 6.01. The lowest BCUT2D eigenvalue weighted by molar-refractivity contribution is 0.209. The number of nitrogens with two attached hydrogens (primary N) is 1. The van der Waals surface area contributed by atoms with Gasteiger partial charge in [-0.15, -0.1) is 0 Å². The van der Waals surface area contributed by atoms with Crippen molar-refractivity contribution >= 4 is 28.6 Å². The Balaban J connectivity index is 1.51. The number of rotatable bonds is 4. The average Bonchev–Trinajstić information content (AvgIpc) is 3.35. The van der Waals surface area contributed by atoms with Gasteiger partial charge in [0, 0.05) is 35.6 Å². The molecule has 1 saturated heterocycles. The summed E-state index contributed by atoms with van der Waals surface area (Å²) in [4.78, 5) is 26.9. The predicted molar refractivity (Wildman–Crippen MR) is 118 cm³/mol. The van der Waals surface area contributed by atoms with Crippen LogP contribution in [0.4, 0.5) is 29.5 Å². The lowest BCUT2D eigenvalue weighted by Crippen LogP contribution is -2.32. The summed E-state index contributed by atoms with van der Waals surface area (Å²) in [6.45, 7) is 2.23.